The van der Waals surface area contributed by atoms with Crippen molar-refractivity contribution >= 4 is 34.8 Å². The lowest BCUT2D eigenvalue weighted by atomic mass is 10.2. The number of halogens is 2. The van der Waals surface area contributed by atoms with E-state index in [0.717, 1.165) is 19.6 Å². The zero-order chi connectivity index (χ0) is 15.2. The van der Waals surface area contributed by atoms with Crippen molar-refractivity contribution < 1.29 is 4.79 Å². The van der Waals surface area contributed by atoms with Crippen LogP contribution in [0.4, 0.5) is 5.69 Å². The number of carbonyl (C=O) groups excluding carboxylic acids is 1. The number of benzene rings is 1. The van der Waals surface area contributed by atoms with E-state index < -0.39 is 0 Å². The summed E-state index contributed by atoms with van der Waals surface area (Å²) in [6, 6.07) is 5.53. The summed E-state index contributed by atoms with van der Waals surface area (Å²) >= 11 is 12.0. The summed E-state index contributed by atoms with van der Waals surface area (Å²) < 4.78 is 0. The number of hydrogen-bond acceptors (Lipinski definition) is 3. The van der Waals surface area contributed by atoms with Crippen LogP contribution in [0.1, 0.15) is 19.8 Å². The molecule has 1 fully saturated rings. The van der Waals surface area contributed by atoms with E-state index in [9.17, 15) is 4.79 Å². The molecular formula is C15H21Cl2N3O. The van der Waals surface area contributed by atoms with Crippen LogP contribution in [0.5, 0.6) is 0 Å². The molecule has 1 aliphatic rings. The molecule has 1 aromatic carbocycles. The van der Waals surface area contributed by atoms with E-state index in [-0.39, 0.29) is 5.91 Å². The summed E-state index contributed by atoms with van der Waals surface area (Å²) in [5.74, 6) is -0.0704. The third-order valence-corrected chi connectivity index (χ3v) is 4.22. The highest BCUT2D eigenvalue weighted by molar-refractivity contribution is 6.35. The van der Waals surface area contributed by atoms with Crippen molar-refractivity contribution in [3.8, 4) is 0 Å². The minimum absolute atomic E-state index is 0.0704. The van der Waals surface area contributed by atoms with Gasteiger partial charge in [0.15, 0.2) is 0 Å². The average Bonchev–Trinajstić information content (AvgIpc) is 2.95. The predicted octanol–water partition coefficient (Wildman–Crippen LogP) is 3.01. The van der Waals surface area contributed by atoms with Crippen molar-refractivity contribution in [3.63, 3.8) is 0 Å². The number of amides is 1. The maximum Gasteiger partial charge on any atom is 0.238 e. The van der Waals surface area contributed by atoms with E-state index >= 15 is 0 Å². The van der Waals surface area contributed by atoms with Crippen LogP contribution >= 0.6 is 23.2 Å². The molecule has 0 aromatic heterocycles. The lowest BCUT2D eigenvalue weighted by Gasteiger charge is -2.23. The second kappa shape index (κ2) is 7.99. The molecule has 1 aromatic rings. The summed E-state index contributed by atoms with van der Waals surface area (Å²) in [5.41, 5.74) is 0.559. The SMILES string of the molecule is CCN(CC(=O)Nc1cc(Cl)ccc1Cl)CC1CCCN1. The van der Waals surface area contributed by atoms with Gasteiger partial charge < -0.3 is 10.6 Å². The molecule has 2 rings (SSSR count). The van der Waals surface area contributed by atoms with Crippen LogP contribution in [-0.2, 0) is 4.79 Å². The topological polar surface area (TPSA) is 44.4 Å². The maximum atomic E-state index is 12.1. The lowest BCUT2D eigenvalue weighted by Crippen LogP contribution is -2.41. The van der Waals surface area contributed by atoms with Gasteiger partial charge in [0.25, 0.3) is 0 Å². The molecule has 6 heteroatoms. The number of hydrogen-bond donors (Lipinski definition) is 2. The summed E-state index contributed by atoms with van der Waals surface area (Å²) in [6.45, 7) is 5.24. The number of likely N-dealkylation sites (N-methyl/N-ethyl adjacent to an activating group) is 1. The molecule has 1 amide bonds. The predicted molar refractivity (Wildman–Crippen MR) is 88.2 cm³/mol. The van der Waals surface area contributed by atoms with Crippen molar-refractivity contribution in [1.29, 1.82) is 0 Å². The van der Waals surface area contributed by atoms with Crippen LogP contribution in [-0.4, -0.2) is 43.0 Å². The molecular weight excluding hydrogens is 309 g/mol. The van der Waals surface area contributed by atoms with Gasteiger partial charge in [0, 0.05) is 17.6 Å². The monoisotopic (exact) mass is 329 g/mol. The molecule has 0 spiro atoms. The summed E-state index contributed by atoms with van der Waals surface area (Å²) in [6.07, 6.45) is 2.39. The third kappa shape index (κ3) is 5.15. The van der Waals surface area contributed by atoms with Crippen LogP contribution < -0.4 is 10.6 Å². The van der Waals surface area contributed by atoms with Gasteiger partial charge in [-0.2, -0.15) is 0 Å². The average molecular weight is 330 g/mol. The summed E-state index contributed by atoms with van der Waals surface area (Å²) in [4.78, 5) is 14.3. The van der Waals surface area contributed by atoms with Gasteiger partial charge in [-0.05, 0) is 44.1 Å². The van der Waals surface area contributed by atoms with Crippen molar-refractivity contribution in [1.82, 2.24) is 10.2 Å². The van der Waals surface area contributed by atoms with Crippen LogP contribution in [0.25, 0.3) is 0 Å². The Balaban J connectivity index is 1.88. The zero-order valence-electron chi connectivity index (χ0n) is 12.2. The zero-order valence-corrected chi connectivity index (χ0v) is 13.7. The number of rotatable bonds is 6. The van der Waals surface area contributed by atoms with Gasteiger partial charge in [0.1, 0.15) is 0 Å². The Bertz CT molecular complexity index is 490. The van der Waals surface area contributed by atoms with Crippen LogP contribution in [0.2, 0.25) is 10.0 Å². The first-order valence-electron chi connectivity index (χ1n) is 7.29. The second-order valence-electron chi connectivity index (χ2n) is 5.29. The van der Waals surface area contributed by atoms with Crippen molar-refractivity contribution in [2.24, 2.45) is 0 Å². The summed E-state index contributed by atoms with van der Waals surface area (Å²) in [5, 5.41) is 7.32. The highest BCUT2D eigenvalue weighted by Gasteiger charge is 2.19. The molecule has 1 atom stereocenters. The number of nitrogens with zero attached hydrogens (tertiary/aromatic N) is 1. The molecule has 0 saturated carbocycles. The maximum absolute atomic E-state index is 12.1. The molecule has 1 aliphatic heterocycles. The van der Waals surface area contributed by atoms with E-state index in [4.69, 9.17) is 23.2 Å². The molecule has 1 saturated heterocycles. The first kappa shape index (κ1) is 16.6. The van der Waals surface area contributed by atoms with E-state index in [2.05, 4.69) is 22.5 Å². The minimum atomic E-state index is -0.0704. The fraction of sp³-hybridized carbons (Fsp3) is 0.533. The molecule has 0 bridgehead atoms. The number of anilines is 1. The Morgan fingerprint density at radius 1 is 1.48 bits per heavy atom. The van der Waals surface area contributed by atoms with Crippen molar-refractivity contribution in [2.75, 3.05) is 31.5 Å². The van der Waals surface area contributed by atoms with E-state index in [1.54, 1.807) is 18.2 Å². The van der Waals surface area contributed by atoms with Crippen molar-refractivity contribution in [3.05, 3.63) is 28.2 Å². The van der Waals surface area contributed by atoms with E-state index in [1.165, 1.54) is 12.8 Å². The Morgan fingerprint density at radius 2 is 2.29 bits per heavy atom. The van der Waals surface area contributed by atoms with Crippen LogP contribution in [0.15, 0.2) is 18.2 Å². The largest absolute Gasteiger partial charge is 0.324 e. The number of carbonyl (C=O) groups is 1. The molecule has 116 valence electrons. The Morgan fingerprint density at radius 3 is 2.95 bits per heavy atom. The van der Waals surface area contributed by atoms with Gasteiger partial charge >= 0.3 is 0 Å². The lowest BCUT2D eigenvalue weighted by molar-refractivity contribution is -0.117. The first-order valence-corrected chi connectivity index (χ1v) is 8.04. The number of nitrogens with one attached hydrogen (secondary N) is 2. The van der Waals surface area contributed by atoms with Crippen LogP contribution in [0.3, 0.4) is 0 Å². The molecule has 21 heavy (non-hydrogen) atoms. The molecule has 1 unspecified atom stereocenters. The minimum Gasteiger partial charge on any atom is -0.324 e. The fourth-order valence-corrected chi connectivity index (χ4v) is 2.85. The molecule has 0 radical (unpaired) electrons. The molecule has 0 aliphatic carbocycles. The highest BCUT2D eigenvalue weighted by atomic mass is 35.5. The van der Waals surface area contributed by atoms with Gasteiger partial charge in [-0.3, -0.25) is 9.69 Å². The smallest absolute Gasteiger partial charge is 0.238 e. The van der Waals surface area contributed by atoms with Gasteiger partial charge in [-0.25, -0.2) is 0 Å². The van der Waals surface area contributed by atoms with Gasteiger partial charge in [-0.15, -0.1) is 0 Å². The Labute approximate surface area is 135 Å². The van der Waals surface area contributed by atoms with Crippen molar-refractivity contribution in [2.45, 2.75) is 25.8 Å². The normalized spacial score (nSPS) is 18.2. The van der Waals surface area contributed by atoms with Gasteiger partial charge in [-0.1, -0.05) is 30.1 Å². The second-order valence-corrected chi connectivity index (χ2v) is 6.14. The van der Waals surface area contributed by atoms with Crippen LogP contribution in [0, 0.1) is 0 Å². The Hall–Kier alpha value is -0.810. The Kier molecular flexibility index (Phi) is 6.30. The van der Waals surface area contributed by atoms with E-state index in [1.807, 2.05) is 0 Å². The standard InChI is InChI=1S/C15H21Cl2N3O/c1-2-20(9-12-4-3-7-18-12)10-15(21)19-14-8-11(16)5-6-13(14)17/h5-6,8,12,18H,2-4,7,9-10H2,1H3,(H,19,21). The molecule has 2 N–H and O–H groups in total. The first-order chi connectivity index (χ1) is 10.1. The highest BCUT2D eigenvalue weighted by Crippen LogP contribution is 2.25. The van der Waals surface area contributed by atoms with Gasteiger partial charge in [0.2, 0.25) is 5.91 Å². The molecule has 1 heterocycles. The molecule has 4 nitrogen and oxygen atoms in total. The van der Waals surface area contributed by atoms with E-state index in [0.29, 0.717) is 28.3 Å². The fourth-order valence-electron chi connectivity index (χ4n) is 2.52. The quantitative estimate of drug-likeness (QED) is 0.843. The van der Waals surface area contributed by atoms with Gasteiger partial charge in [0.05, 0.1) is 17.3 Å². The summed E-state index contributed by atoms with van der Waals surface area (Å²) in [7, 11) is 0. The third-order valence-electron chi connectivity index (χ3n) is 3.66.